The number of nitrogen functional groups attached to an aromatic ring is 1. The lowest BCUT2D eigenvalue weighted by atomic mass is 9.78. The fourth-order valence-electron chi connectivity index (χ4n) is 1.79. The lowest BCUT2D eigenvalue weighted by Crippen LogP contribution is -2.41. The van der Waals surface area contributed by atoms with Crippen molar-refractivity contribution < 1.29 is 0 Å². The van der Waals surface area contributed by atoms with Gasteiger partial charge in [-0.1, -0.05) is 0 Å². The SMILES string of the molecule is CC1(Nc2ccc(N)cc2I)CCC1. The molecule has 0 bridgehead atoms. The first-order valence-electron chi connectivity index (χ1n) is 4.92. The second-order valence-corrected chi connectivity index (χ2v) is 5.44. The summed E-state index contributed by atoms with van der Waals surface area (Å²) in [5, 5.41) is 3.59. The number of benzene rings is 1. The van der Waals surface area contributed by atoms with Crippen molar-refractivity contribution in [3.63, 3.8) is 0 Å². The van der Waals surface area contributed by atoms with Crippen molar-refractivity contribution >= 4 is 34.0 Å². The van der Waals surface area contributed by atoms with E-state index < -0.39 is 0 Å². The molecule has 0 aliphatic heterocycles. The first kappa shape index (κ1) is 10.1. The van der Waals surface area contributed by atoms with E-state index in [-0.39, 0.29) is 0 Å². The van der Waals surface area contributed by atoms with Crippen LogP contribution in [-0.2, 0) is 0 Å². The van der Waals surface area contributed by atoms with Gasteiger partial charge in [-0.3, -0.25) is 0 Å². The zero-order valence-electron chi connectivity index (χ0n) is 8.31. The van der Waals surface area contributed by atoms with E-state index in [1.807, 2.05) is 12.1 Å². The summed E-state index contributed by atoms with van der Waals surface area (Å²) in [4.78, 5) is 0. The highest BCUT2D eigenvalue weighted by Crippen LogP contribution is 2.36. The lowest BCUT2D eigenvalue weighted by Gasteiger charge is -2.40. The molecule has 0 aromatic heterocycles. The molecular formula is C11H15IN2. The Morgan fingerprint density at radius 1 is 1.43 bits per heavy atom. The smallest absolute Gasteiger partial charge is 0.0481 e. The van der Waals surface area contributed by atoms with Gasteiger partial charge in [0.1, 0.15) is 0 Å². The highest BCUT2D eigenvalue weighted by atomic mass is 127. The second kappa shape index (κ2) is 3.61. The van der Waals surface area contributed by atoms with Crippen LogP contribution in [0, 0.1) is 3.57 Å². The summed E-state index contributed by atoms with van der Waals surface area (Å²) in [6.45, 7) is 2.28. The third kappa shape index (κ3) is 1.97. The summed E-state index contributed by atoms with van der Waals surface area (Å²) in [5.41, 5.74) is 8.06. The predicted molar refractivity (Wildman–Crippen MR) is 69.5 cm³/mol. The van der Waals surface area contributed by atoms with Crippen LogP contribution in [0.1, 0.15) is 26.2 Å². The molecule has 0 spiro atoms. The molecule has 14 heavy (non-hydrogen) atoms. The summed E-state index contributed by atoms with van der Waals surface area (Å²) >= 11 is 2.32. The van der Waals surface area contributed by atoms with Gasteiger partial charge in [0, 0.05) is 20.5 Å². The van der Waals surface area contributed by atoms with Gasteiger partial charge in [0.2, 0.25) is 0 Å². The van der Waals surface area contributed by atoms with Gasteiger partial charge in [-0.05, 0) is 67.0 Å². The minimum Gasteiger partial charge on any atom is -0.399 e. The van der Waals surface area contributed by atoms with Gasteiger partial charge in [-0.15, -0.1) is 0 Å². The van der Waals surface area contributed by atoms with Crippen molar-refractivity contribution in [3.8, 4) is 0 Å². The van der Waals surface area contributed by atoms with E-state index in [0.717, 1.165) is 5.69 Å². The maximum Gasteiger partial charge on any atom is 0.0481 e. The molecule has 1 aliphatic carbocycles. The molecule has 1 aromatic rings. The van der Waals surface area contributed by atoms with E-state index in [9.17, 15) is 0 Å². The van der Waals surface area contributed by atoms with Gasteiger partial charge in [0.25, 0.3) is 0 Å². The van der Waals surface area contributed by atoms with Gasteiger partial charge in [-0.2, -0.15) is 0 Å². The summed E-state index contributed by atoms with van der Waals surface area (Å²) in [5.74, 6) is 0. The highest BCUT2D eigenvalue weighted by molar-refractivity contribution is 14.1. The van der Waals surface area contributed by atoms with Gasteiger partial charge >= 0.3 is 0 Å². The first-order chi connectivity index (χ1) is 6.59. The monoisotopic (exact) mass is 302 g/mol. The Morgan fingerprint density at radius 3 is 2.64 bits per heavy atom. The third-order valence-corrected chi connectivity index (χ3v) is 3.78. The van der Waals surface area contributed by atoms with E-state index in [1.54, 1.807) is 0 Å². The molecule has 1 aliphatic rings. The molecule has 1 fully saturated rings. The average Bonchev–Trinajstić information content (AvgIpc) is 2.07. The fourth-order valence-corrected chi connectivity index (χ4v) is 2.46. The molecule has 0 radical (unpaired) electrons. The van der Waals surface area contributed by atoms with Crippen LogP contribution in [0.25, 0.3) is 0 Å². The van der Waals surface area contributed by atoms with Crippen LogP contribution in [0.4, 0.5) is 11.4 Å². The molecule has 76 valence electrons. The highest BCUT2D eigenvalue weighted by Gasteiger charge is 2.31. The molecule has 0 heterocycles. The van der Waals surface area contributed by atoms with Crippen LogP contribution >= 0.6 is 22.6 Å². The Morgan fingerprint density at radius 2 is 2.14 bits per heavy atom. The minimum absolute atomic E-state index is 0.316. The number of halogens is 1. The first-order valence-corrected chi connectivity index (χ1v) is 6.00. The molecule has 0 saturated heterocycles. The molecule has 0 atom stereocenters. The van der Waals surface area contributed by atoms with Crippen molar-refractivity contribution in [1.29, 1.82) is 0 Å². The van der Waals surface area contributed by atoms with Crippen molar-refractivity contribution in [2.24, 2.45) is 0 Å². The molecular weight excluding hydrogens is 287 g/mol. The summed E-state index contributed by atoms with van der Waals surface area (Å²) in [7, 11) is 0. The minimum atomic E-state index is 0.316. The van der Waals surface area contributed by atoms with Crippen molar-refractivity contribution in [3.05, 3.63) is 21.8 Å². The van der Waals surface area contributed by atoms with Crippen LogP contribution in [0.2, 0.25) is 0 Å². The Bertz CT molecular complexity index is 345. The average molecular weight is 302 g/mol. The molecule has 3 N–H and O–H groups in total. The summed E-state index contributed by atoms with van der Waals surface area (Å²) in [6.07, 6.45) is 3.88. The molecule has 3 heteroatoms. The zero-order valence-corrected chi connectivity index (χ0v) is 10.5. The van der Waals surface area contributed by atoms with Gasteiger partial charge in [0.15, 0.2) is 0 Å². The second-order valence-electron chi connectivity index (χ2n) is 4.28. The van der Waals surface area contributed by atoms with E-state index in [0.29, 0.717) is 5.54 Å². The maximum atomic E-state index is 5.71. The predicted octanol–water partition coefficient (Wildman–Crippen LogP) is 3.23. The van der Waals surface area contributed by atoms with E-state index >= 15 is 0 Å². The maximum absolute atomic E-state index is 5.71. The lowest BCUT2D eigenvalue weighted by molar-refractivity contribution is 0.306. The van der Waals surface area contributed by atoms with E-state index in [1.165, 1.54) is 28.5 Å². The topological polar surface area (TPSA) is 38.0 Å². The van der Waals surface area contributed by atoms with Gasteiger partial charge in [0.05, 0.1) is 0 Å². The molecule has 1 saturated carbocycles. The van der Waals surface area contributed by atoms with Crippen molar-refractivity contribution in [2.45, 2.75) is 31.7 Å². The largest absolute Gasteiger partial charge is 0.399 e. The quantitative estimate of drug-likeness (QED) is 0.650. The number of hydrogen-bond acceptors (Lipinski definition) is 2. The van der Waals surface area contributed by atoms with E-state index in [4.69, 9.17) is 5.73 Å². The Kier molecular flexibility index (Phi) is 2.60. The third-order valence-electron chi connectivity index (χ3n) is 2.89. The Hall–Kier alpha value is -0.450. The van der Waals surface area contributed by atoms with Crippen molar-refractivity contribution in [2.75, 3.05) is 11.1 Å². The van der Waals surface area contributed by atoms with Crippen LogP contribution in [0.15, 0.2) is 18.2 Å². The number of hydrogen-bond donors (Lipinski definition) is 2. The molecule has 0 unspecified atom stereocenters. The summed E-state index contributed by atoms with van der Waals surface area (Å²) in [6, 6.07) is 6.03. The van der Waals surface area contributed by atoms with Crippen LogP contribution in [-0.4, -0.2) is 5.54 Å². The number of anilines is 2. The standard InChI is InChI=1S/C11H15IN2/c1-11(5-2-6-11)14-10-4-3-8(13)7-9(10)12/h3-4,7,14H,2,5-6,13H2,1H3. The van der Waals surface area contributed by atoms with Gasteiger partial charge in [-0.25, -0.2) is 0 Å². The number of nitrogens with two attached hydrogens (primary N) is 1. The van der Waals surface area contributed by atoms with Crippen LogP contribution in [0.5, 0.6) is 0 Å². The van der Waals surface area contributed by atoms with Crippen LogP contribution < -0.4 is 11.1 Å². The van der Waals surface area contributed by atoms with Crippen LogP contribution in [0.3, 0.4) is 0 Å². The van der Waals surface area contributed by atoms with Crippen molar-refractivity contribution in [1.82, 2.24) is 0 Å². The van der Waals surface area contributed by atoms with E-state index in [2.05, 4.69) is 40.9 Å². The molecule has 2 nitrogen and oxygen atoms in total. The molecule has 2 rings (SSSR count). The molecule has 0 amide bonds. The molecule has 1 aromatic carbocycles. The zero-order chi connectivity index (χ0) is 10.2. The summed E-state index contributed by atoms with van der Waals surface area (Å²) < 4.78 is 1.20. The fraction of sp³-hybridized carbons (Fsp3) is 0.455. The normalized spacial score (nSPS) is 18.7. The number of nitrogens with one attached hydrogen (secondary N) is 1. The van der Waals surface area contributed by atoms with Gasteiger partial charge < -0.3 is 11.1 Å². The number of rotatable bonds is 2. The Balaban J connectivity index is 2.16. The Labute approximate surface area is 98.4 Å².